The molecule has 3 rings (SSSR count). The summed E-state index contributed by atoms with van der Waals surface area (Å²) in [5, 5.41) is 36.5. The van der Waals surface area contributed by atoms with Crippen LogP contribution in [0.1, 0.15) is 6.42 Å². The van der Waals surface area contributed by atoms with Crippen LogP contribution in [0.25, 0.3) is 0 Å². The third-order valence-electron chi connectivity index (χ3n) is 5.37. The molecule has 3 heterocycles. The number of nitrogens with one attached hydrogen (secondary N) is 2. The van der Waals surface area contributed by atoms with Crippen LogP contribution in [0.15, 0.2) is 0 Å². The topological polar surface area (TPSA) is 156 Å². The van der Waals surface area contributed by atoms with Gasteiger partial charge < -0.3 is 50.2 Å². The molecule has 12 heteroatoms. The smallest absolute Gasteiger partial charge is 0.129 e. The van der Waals surface area contributed by atoms with Crippen molar-refractivity contribution in [2.45, 2.75) is 6.42 Å². The standard InChI is InChI=1S/C13H28N4.2NO3/c1-6-16(8-2-14-3-9-16)12-13-17(7-1)10-4-15-5-11-17;2*2-1(3)4/h14-15H,1-13H2;;/q+2;2*-1. The Labute approximate surface area is 146 Å². The SMILES string of the molecule is C1C[N+]2(CCNCC2)CC[N+]2(C1)CCNCC2.O=[N+]([O-])[O-].O=[N+]([O-])[O-]. The van der Waals surface area contributed by atoms with Crippen LogP contribution >= 0.6 is 0 Å². The summed E-state index contributed by atoms with van der Waals surface area (Å²) in [5.74, 6) is 0. The minimum absolute atomic E-state index is 1.24. The molecule has 2 N–H and O–H groups in total. The lowest BCUT2D eigenvalue weighted by Gasteiger charge is -2.43. The van der Waals surface area contributed by atoms with Crippen LogP contribution in [0, 0.1) is 30.6 Å². The first-order valence-corrected chi connectivity index (χ1v) is 8.54. The van der Waals surface area contributed by atoms with Crippen LogP contribution in [-0.4, -0.2) is 97.7 Å². The molecule has 0 aromatic carbocycles. The summed E-state index contributed by atoms with van der Waals surface area (Å²) in [5.41, 5.74) is 0. The molecular weight excluding hydrogens is 336 g/mol. The summed E-state index contributed by atoms with van der Waals surface area (Å²) < 4.78 is 2.83. The number of piperazine rings is 2. The third-order valence-corrected chi connectivity index (χ3v) is 5.37. The van der Waals surface area contributed by atoms with E-state index in [1.807, 2.05) is 0 Å². The van der Waals surface area contributed by atoms with Crippen LogP contribution in [0.5, 0.6) is 0 Å². The second-order valence-corrected chi connectivity index (χ2v) is 6.77. The Morgan fingerprint density at radius 1 is 0.560 bits per heavy atom. The maximum absolute atomic E-state index is 8.25. The lowest BCUT2D eigenvalue weighted by molar-refractivity contribution is -0.965. The molecule has 0 aromatic heterocycles. The maximum Gasteiger partial charge on any atom is 0.129 e. The summed E-state index contributed by atoms with van der Waals surface area (Å²) in [6, 6.07) is 0. The van der Waals surface area contributed by atoms with Gasteiger partial charge in [-0.1, -0.05) is 0 Å². The first-order chi connectivity index (χ1) is 11.8. The van der Waals surface area contributed by atoms with Gasteiger partial charge in [-0.15, -0.1) is 0 Å². The van der Waals surface area contributed by atoms with E-state index < -0.39 is 10.2 Å². The lowest BCUT2D eigenvalue weighted by atomic mass is 10.2. The molecule has 0 radical (unpaired) electrons. The van der Waals surface area contributed by atoms with Crippen molar-refractivity contribution in [3.63, 3.8) is 0 Å². The highest BCUT2D eigenvalue weighted by atomic mass is 16.9. The van der Waals surface area contributed by atoms with Crippen molar-refractivity contribution in [2.24, 2.45) is 0 Å². The molecule has 0 bridgehead atoms. The number of nitrogens with zero attached hydrogens (tertiary/aromatic N) is 4. The molecule has 0 unspecified atom stereocenters. The van der Waals surface area contributed by atoms with Gasteiger partial charge in [0.1, 0.15) is 13.1 Å². The van der Waals surface area contributed by atoms with Crippen molar-refractivity contribution >= 4 is 0 Å². The first kappa shape index (κ1) is 21.3. The highest BCUT2D eigenvalue weighted by molar-refractivity contribution is 4.64. The van der Waals surface area contributed by atoms with E-state index >= 15 is 0 Å². The van der Waals surface area contributed by atoms with Gasteiger partial charge >= 0.3 is 0 Å². The van der Waals surface area contributed by atoms with Crippen molar-refractivity contribution in [3.8, 4) is 0 Å². The molecule has 0 amide bonds. The van der Waals surface area contributed by atoms with Crippen molar-refractivity contribution in [2.75, 3.05) is 78.5 Å². The van der Waals surface area contributed by atoms with E-state index in [9.17, 15) is 0 Å². The van der Waals surface area contributed by atoms with Crippen molar-refractivity contribution in [1.29, 1.82) is 0 Å². The van der Waals surface area contributed by atoms with E-state index in [1.54, 1.807) is 0 Å². The number of hydrogen-bond donors (Lipinski definition) is 2. The second kappa shape index (κ2) is 10.3. The van der Waals surface area contributed by atoms with E-state index in [0.29, 0.717) is 0 Å². The van der Waals surface area contributed by atoms with Crippen LogP contribution < -0.4 is 10.6 Å². The van der Waals surface area contributed by atoms with Gasteiger partial charge in [-0.2, -0.15) is 0 Å². The molecule has 146 valence electrons. The van der Waals surface area contributed by atoms with Gasteiger partial charge in [0.15, 0.2) is 0 Å². The zero-order valence-electron chi connectivity index (χ0n) is 14.4. The predicted molar refractivity (Wildman–Crippen MR) is 90.5 cm³/mol. The van der Waals surface area contributed by atoms with E-state index in [4.69, 9.17) is 30.6 Å². The summed E-state index contributed by atoms with van der Waals surface area (Å²) in [7, 11) is 0. The van der Waals surface area contributed by atoms with Gasteiger partial charge in [-0.3, -0.25) is 0 Å². The van der Waals surface area contributed by atoms with Gasteiger partial charge in [0, 0.05) is 32.6 Å². The Morgan fingerprint density at radius 2 is 0.840 bits per heavy atom. The Balaban J connectivity index is 0.000000333. The van der Waals surface area contributed by atoms with Gasteiger partial charge in [0.2, 0.25) is 0 Å². The molecule has 3 aliphatic heterocycles. The van der Waals surface area contributed by atoms with Crippen molar-refractivity contribution in [1.82, 2.24) is 10.6 Å². The Hall–Kier alpha value is -1.76. The van der Waals surface area contributed by atoms with Crippen LogP contribution in [0.3, 0.4) is 0 Å². The normalized spacial score (nSPS) is 24.0. The number of hydrogen-bond acceptors (Lipinski definition) is 8. The fraction of sp³-hybridized carbons (Fsp3) is 1.00. The van der Waals surface area contributed by atoms with E-state index in [-0.39, 0.29) is 0 Å². The second-order valence-electron chi connectivity index (χ2n) is 6.77. The first-order valence-electron chi connectivity index (χ1n) is 8.54. The largest absolute Gasteiger partial charge is 0.356 e. The molecule has 3 saturated heterocycles. The molecule has 2 spiro atoms. The van der Waals surface area contributed by atoms with Gasteiger partial charge in [0.05, 0.1) is 49.4 Å². The molecule has 3 aliphatic rings. The maximum atomic E-state index is 8.25. The molecule has 3 fully saturated rings. The van der Waals surface area contributed by atoms with Gasteiger partial charge in [-0.05, 0) is 0 Å². The van der Waals surface area contributed by atoms with Crippen molar-refractivity contribution in [3.05, 3.63) is 30.6 Å². The summed E-state index contributed by atoms with van der Waals surface area (Å²) >= 11 is 0. The Bertz CT molecular complexity index is 379. The minimum Gasteiger partial charge on any atom is -0.356 e. The lowest BCUT2D eigenvalue weighted by Crippen LogP contribution is -2.63. The monoisotopic (exact) mass is 364 g/mol. The number of rotatable bonds is 0. The highest BCUT2D eigenvalue weighted by Gasteiger charge is 2.39. The minimum atomic E-state index is -1.75. The molecule has 0 atom stereocenters. The molecule has 0 saturated carbocycles. The summed E-state index contributed by atoms with van der Waals surface area (Å²) in [6.07, 6.45) is 1.44. The van der Waals surface area contributed by atoms with E-state index in [1.165, 1.54) is 93.9 Å². The number of quaternary nitrogens is 2. The average molecular weight is 364 g/mol. The third kappa shape index (κ3) is 8.25. The average Bonchev–Trinajstić information content (AvgIpc) is 2.69. The summed E-state index contributed by atoms with van der Waals surface area (Å²) in [6.45, 7) is 16.2. The molecule has 12 nitrogen and oxygen atoms in total. The quantitative estimate of drug-likeness (QED) is 0.307. The summed E-state index contributed by atoms with van der Waals surface area (Å²) in [4.78, 5) is 16.5. The van der Waals surface area contributed by atoms with Gasteiger partial charge in [-0.25, -0.2) is 0 Å². The van der Waals surface area contributed by atoms with Crippen molar-refractivity contribution < 1.29 is 19.1 Å². The van der Waals surface area contributed by atoms with Gasteiger partial charge in [0.25, 0.3) is 0 Å². The predicted octanol–water partition coefficient (Wildman–Crippen LogP) is -1.25. The van der Waals surface area contributed by atoms with E-state index in [2.05, 4.69) is 10.6 Å². The Kier molecular flexibility index (Phi) is 8.75. The molecule has 25 heavy (non-hydrogen) atoms. The van der Waals surface area contributed by atoms with Crippen LogP contribution in [0.2, 0.25) is 0 Å². The molecule has 0 aromatic rings. The zero-order valence-corrected chi connectivity index (χ0v) is 14.4. The van der Waals surface area contributed by atoms with Crippen LogP contribution in [0.4, 0.5) is 0 Å². The molecule has 0 aliphatic carbocycles. The molecular formula is C13H28N6O6. The zero-order chi connectivity index (χ0) is 18.8. The fourth-order valence-corrected chi connectivity index (χ4v) is 4.02. The highest BCUT2D eigenvalue weighted by Crippen LogP contribution is 2.20. The fourth-order valence-electron chi connectivity index (χ4n) is 4.02. The Morgan fingerprint density at radius 3 is 1.12 bits per heavy atom. The van der Waals surface area contributed by atoms with E-state index in [0.717, 1.165) is 0 Å². The van der Waals surface area contributed by atoms with Crippen LogP contribution in [-0.2, 0) is 0 Å².